The number of aromatic amines is 1. The Morgan fingerprint density at radius 2 is 2.21 bits per heavy atom. The molecule has 1 aromatic heterocycles. The van der Waals surface area contributed by atoms with E-state index in [9.17, 15) is 18.3 Å². The van der Waals surface area contributed by atoms with Gasteiger partial charge in [-0.2, -0.15) is 4.31 Å². The van der Waals surface area contributed by atoms with Gasteiger partial charge in [0.2, 0.25) is 10.0 Å². The number of thioether (sulfide) groups is 1. The van der Waals surface area contributed by atoms with E-state index >= 15 is 0 Å². The number of carboxylic acid groups (broad SMARTS) is 1. The van der Waals surface area contributed by atoms with Crippen LogP contribution < -0.4 is 0 Å². The summed E-state index contributed by atoms with van der Waals surface area (Å²) in [5.41, 5.74) is 0. The summed E-state index contributed by atoms with van der Waals surface area (Å²) in [5.74, 6) is -0.460. The normalized spacial score (nSPS) is 28.6. The lowest BCUT2D eigenvalue weighted by molar-refractivity contribution is -0.140. The molecule has 1 aliphatic heterocycles. The van der Waals surface area contributed by atoms with Gasteiger partial charge in [-0.15, -0.1) is 11.8 Å². The lowest BCUT2D eigenvalue weighted by Gasteiger charge is -2.25. The number of rotatable bonds is 4. The van der Waals surface area contributed by atoms with Crippen molar-refractivity contribution in [3.05, 3.63) is 18.5 Å². The standard InChI is InChI=1S/C11H14N2O4S2/c14-11(15)9-6-18-10(7-1-2-7)13(9)19(16,17)8-3-4-12-5-8/h3-5,7,9-10,12H,1-2,6H2,(H,14,15). The van der Waals surface area contributed by atoms with Gasteiger partial charge in [0, 0.05) is 18.1 Å². The largest absolute Gasteiger partial charge is 0.480 e. The van der Waals surface area contributed by atoms with Gasteiger partial charge in [0.1, 0.15) is 6.04 Å². The van der Waals surface area contributed by atoms with Gasteiger partial charge < -0.3 is 10.1 Å². The maximum Gasteiger partial charge on any atom is 0.322 e. The zero-order valence-electron chi connectivity index (χ0n) is 10.0. The van der Waals surface area contributed by atoms with Crippen molar-refractivity contribution in [1.82, 2.24) is 9.29 Å². The number of hydrogen-bond donors (Lipinski definition) is 2. The van der Waals surface area contributed by atoms with Crippen LogP contribution in [-0.2, 0) is 14.8 Å². The van der Waals surface area contributed by atoms with E-state index in [1.54, 1.807) is 0 Å². The third kappa shape index (κ3) is 2.17. The van der Waals surface area contributed by atoms with Gasteiger partial charge in [0.15, 0.2) is 0 Å². The molecule has 104 valence electrons. The van der Waals surface area contributed by atoms with E-state index in [-0.39, 0.29) is 10.3 Å². The summed E-state index contributed by atoms with van der Waals surface area (Å²) >= 11 is 1.44. The first-order valence-electron chi connectivity index (χ1n) is 6.02. The average Bonchev–Trinajstić information content (AvgIpc) is 2.91. The number of aromatic nitrogens is 1. The number of nitrogens with one attached hydrogen (secondary N) is 1. The maximum absolute atomic E-state index is 12.6. The average molecular weight is 302 g/mol. The monoisotopic (exact) mass is 302 g/mol. The lowest BCUT2D eigenvalue weighted by atomic mass is 10.3. The number of H-pyrrole nitrogens is 1. The molecule has 3 rings (SSSR count). The van der Waals surface area contributed by atoms with E-state index in [2.05, 4.69) is 4.98 Å². The van der Waals surface area contributed by atoms with E-state index in [4.69, 9.17) is 0 Å². The van der Waals surface area contributed by atoms with Crippen LogP contribution in [0.3, 0.4) is 0 Å². The number of hydrogen-bond acceptors (Lipinski definition) is 4. The van der Waals surface area contributed by atoms with Crippen LogP contribution in [0.15, 0.2) is 23.4 Å². The van der Waals surface area contributed by atoms with Gasteiger partial charge in [-0.05, 0) is 24.8 Å². The van der Waals surface area contributed by atoms with Gasteiger partial charge in [-0.3, -0.25) is 4.79 Å². The Morgan fingerprint density at radius 1 is 1.47 bits per heavy atom. The van der Waals surface area contributed by atoms with Gasteiger partial charge in [0.05, 0.1) is 10.3 Å². The van der Waals surface area contributed by atoms with E-state index in [0.29, 0.717) is 11.7 Å². The molecule has 0 bridgehead atoms. The van der Waals surface area contributed by atoms with Crippen molar-refractivity contribution in [2.45, 2.75) is 29.2 Å². The summed E-state index contributed by atoms with van der Waals surface area (Å²) in [6.45, 7) is 0. The molecule has 0 amide bonds. The Balaban J connectivity index is 2.00. The summed E-state index contributed by atoms with van der Waals surface area (Å²) in [6, 6.07) is 0.497. The van der Waals surface area contributed by atoms with Crippen LogP contribution in [0.5, 0.6) is 0 Å². The summed E-state index contributed by atoms with van der Waals surface area (Å²) in [7, 11) is -3.74. The van der Waals surface area contributed by atoms with E-state index in [1.165, 1.54) is 34.5 Å². The van der Waals surface area contributed by atoms with Gasteiger partial charge >= 0.3 is 5.97 Å². The van der Waals surface area contributed by atoms with Gasteiger partial charge in [-0.1, -0.05) is 0 Å². The predicted octanol–water partition coefficient (Wildman–Crippen LogP) is 0.942. The van der Waals surface area contributed by atoms with E-state index in [1.807, 2.05) is 0 Å². The first kappa shape index (κ1) is 13.0. The Hall–Kier alpha value is -0.990. The van der Waals surface area contributed by atoms with E-state index < -0.39 is 22.0 Å². The highest BCUT2D eigenvalue weighted by molar-refractivity contribution is 8.01. The molecule has 2 aliphatic rings. The zero-order chi connectivity index (χ0) is 13.6. The zero-order valence-corrected chi connectivity index (χ0v) is 11.7. The molecule has 8 heteroatoms. The Labute approximate surface area is 115 Å². The van der Waals surface area contributed by atoms with Crippen molar-refractivity contribution >= 4 is 27.8 Å². The number of carbonyl (C=O) groups is 1. The predicted molar refractivity (Wildman–Crippen MR) is 70.2 cm³/mol. The van der Waals surface area contributed by atoms with Crippen LogP contribution in [0.2, 0.25) is 0 Å². The maximum atomic E-state index is 12.6. The molecule has 2 N–H and O–H groups in total. The van der Waals surface area contributed by atoms with Crippen molar-refractivity contribution in [3.8, 4) is 0 Å². The lowest BCUT2D eigenvalue weighted by Crippen LogP contribution is -2.46. The van der Waals surface area contributed by atoms with Crippen LogP contribution in [0, 0.1) is 5.92 Å². The summed E-state index contributed by atoms with van der Waals surface area (Å²) in [4.78, 5) is 14.1. The molecule has 0 radical (unpaired) electrons. The highest BCUT2D eigenvalue weighted by Gasteiger charge is 2.51. The van der Waals surface area contributed by atoms with Crippen molar-refractivity contribution in [1.29, 1.82) is 0 Å². The fourth-order valence-electron chi connectivity index (χ4n) is 2.31. The third-order valence-electron chi connectivity index (χ3n) is 3.44. The van der Waals surface area contributed by atoms with Gasteiger partial charge in [0.25, 0.3) is 0 Å². The molecule has 1 aromatic rings. The highest BCUT2D eigenvalue weighted by atomic mass is 32.2. The SMILES string of the molecule is O=C(O)C1CSC(C2CC2)N1S(=O)(=O)c1cc[nH]c1. The molecule has 0 aromatic carbocycles. The van der Waals surface area contributed by atoms with Crippen molar-refractivity contribution < 1.29 is 18.3 Å². The van der Waals surface area contributed by atoms with Crippen LogP contribution in [-0.4, -0.2) is 46.0 Å². The molecular formula is C11H14N2O4S2. The minimum absolute atomic E-state index is 0.131. The molecule has 6 nitrogen and oxygen atoms in total. The smallest absolute Gasteiger partial charge is 0.322 e. The minimum atomic E-state index is -3.74. The summed E-state index contributed by atoms with van der Waals surface area (Å²) in [5, 5.41) is 9.00. The fourth-order valence-corrected chi connectivity index (χ4v) is 6.10. The Morgan fingerprint density at radius 3 is 2.74 bits per heavy atom. The molecule has 2 atom stereocenters. The minimum Gasteiger partial charge on any atom is -0.480 e. The van der Waals surface area contributed by atoms with Crippen molar-refractivity contribution in [2.75, 3.05) is 5.75 Å². The first-order chi connectivity index (χ1) is 9.01. The number of sulfonamides is 1. The van der Waals surface area contributed by atoms with Crippen LogP contribution >= 0.6 is 11.8 Å². The van der Waals surface area contributed by atoms with Crippen LogP contribution in [0.1, 0.15) is 12.8 Å². The number of carboxylic acids is 1. The van der Waals surface area contributed by atoms with Gasteiger partial charge in [-0.25, -0.2) is 8.42 Å². The van der Waals surface area contributed by atoms with Crippen LogP contribution in [0.25, 0.3) is 0 Å². The second-order valence-electron chi connectivity index (χ2n) is 4.80. The first-order valence-corrected chi connectivity index (χ1v) is 8.51. The molecule has 2 fully saturated rings. The number of aliphatic carboxylic acids is 1. The van der Waals surface area contributed by atoms with Crippen molar-refractivity contribution in [2.24, 2.45) is 5.92 Å². The molecule has 0 spiro atoms. The molecule has 2 unspecified atom stereocenters. The molecule has 1 saturated carbocycles. The molecule has 1 saturated heterocycles. The number of nitrogens with zero attached hydrogens (tertiary/aromatic N) is 1. The Bertz CT molecular complexity index is 580. The van der Waals surface area contributed by atoms with E-state index in [0.717, 1.165) is 12.8 Å². The second kappa shape index (κ2) is 4.53. The molecule has 1 aliphatic carbocycles. The second-order valence-corrected chi connectivity index (χ2v) is 7.79. The van der Waals surface area contributed by atoms with Crippen molar-refractivity contribution in [3.63, 3.8) is 0 Å². The molecule has 2 heterocycles. The quantitative estimate of drug-likeness (QED) is 0.864. The summed E-state index contributed by atoms with van der Waals surface area (Å²) in [6.07, 6.45) is 4.87. The third-order valence-corrected chi connectivity index (χ3v) is 6.92. The Kier molecular flexibility index (Phi) is 3.11. The molecule has 19 heavy (non-hydrogen) atoms. The highest BCUT2D eigenvalue weighted by Crippen LogP contribution is 2.47. The fraction of sp³-hybridized carbons (Fsp3) is 0.545. The van der Waals surface area contributed by atoms with Crippen LogP contribution in [0.4, 0.5) is 0 Å². The summed E-state index contributed by atoms with van der Waals surface area (Å²) < 4.78 is 26.4. The topological polar surface area (TPSA) is 90.5 Å². The molecular weight excluding hydrogens is 288 g/mol.